The molecule has 0 N–H and O–H groups in total. The van der Waals surface area contributed by atoms with Gasteiger partial charge in [-0.2, -0.15) is 0 Å². The number of sulfonamides is 1. The van der Waals surface area contributed by atoms with Gasteiger partial charge in [-0.05, 0) is 29.3 Å². The van der Waals surface area contributed by atoms with Gasteiger partial charge >= 0.3 is 5.97 Å². The van der Waals surface area contributed by atoms with Crippen LogP contribution in [0, 0.1) is 0 Å². The van der Waals surface area contributed by atoms with Crippen LogP contribution in [0.15, 0.2) is 33.9 Å². The Morgan fingerprint density at radius 3 is 2.67 bits per heavy atom. The first kappa shape index (κ1) is 16.2. The van der Waals surface area contributed by atoms with Gasteiger partial charge in [0, 0.05) is 18.5 Å². The minimum Gasteiger partial charge on any atom is -0.465 e. The van der Waals surface area contributed by atoms with Gasteiger partial charge < -0.3 is 4.74 Å². The van der Waals surface area contributed by atoms with E-state index < -0.39 is 16.0 Å². The Labute approximate surface area is 131 Å². The summed E-state index contributed by atoms with van der Waals surface area (Å²) in [5.41, 5.74) is 0. The van der Waals surface area contributed by atoms with Crippen molar-refractivity contribution in [2.24, 2.45) is 0 Å². The third-order valence-electron chi connectivity index (χ3n) is 2.94. The van der Waals surface area contributed by atoms with Gasteiger partial charge in [0.1, 0.15) is 9.77 Å². The average Bonchev–Trinajstić information content (AvgIpc) is 3.14. The summed E-state index contributed by atoms with van der Waals surface area (Å²) in [6.45, 7) is 0.360. The first-order valence-electron chi connectivity index (χ1n) is 6.11. The van der Waals surface area contributed by atoms with Crippen LogP contribution in [-0.4, -0.2) is 39.4 Å². The van der Waals surface area contributed by atoms with Crippen LogP contribution in [0.2, 0.25) is 0 Å². The average molecular weight is 345 g/mol. The number of carbonyl (C=O) groups excluding carboxylic acids is 1. The number of hydrogen-bond acceptors (Lipinski definition) is 6. The molecule has 2 heterocycles. The summed E-state index contributed by atoms with van der Waals surface area (Å²) in [6, 6.07) is 5.34. The number of rotatable bonds is 6. The highest BCUT2D eigenvalue weighted by Crippen LogP contribution is 2.25. The molecule has 2 aromatic heterocycles. The standard InChI is InChI=1S/C13H15NO4S3/c1-14(7-5-10-4-3-8-19-10)21(16,17)11-6-9-20-12(11)13(15)18-2/h3-4,6,8-9H,5,7H2,1-2H3. The van der Waals surface area contributed by atoms with Crippen LogP contribution in [0.1, 0.15) is 14.5 Å². The Kier molecular flexibility index (Phi) is 5.15. The molecule has 5 nitrogen and oxygen atoms in total. The predicted octanol–water partition coefficient (Wildman–Crippen LogP) is 2.46. The monoisotopic (exact) mass is 345 g/mol. The summed E-state index contributed by atoms with van der Waals surface area (Å²) >= 11 is 2.66. The quantitative estimate of drug-likeness (QED) is 0.755. The zero-order valence-corrected chi connectivity index (χ0v) is 14.1. The Morgan fingerprint density at radius 1 is 1.29 bits per heavy atom. The van der Waals surface area contributed by atoms with Crippen molar-refractivity contribution in [1.29, 1.82) is 0 Å². The molecule has 2 rings (SSSR count). The van der Waals surface area contributed by atoms with Crippen molar-refractivity contribution in [2.45, 2.75) is 11.3 Å². The van der Waals surface area contributed by atoms with E-state index in [4.69, 9.17) is 0 Å². The van der Waals surface area contributed by atoms with Crippen LogP contribution in [0.4, 0.5) is 0 Å². The number of hydrogen-bond donors (Lipinski definition) is 0. The molecule has 0 unspecified atom stereocenters. The summed E-state index contributed by atoms with van der Waals surface area (Å²) < 4.78 is 30.9. The summed E-state index contributed by atoms with van der Waals surface area (Å²) in [6.07, 6.45) is 0.644. The van der Waals surface area contributed by atoms with Crippen LogP contribution in [0.5, 0.6) is 0 Å². The molecule has 0 bridgehead atoms. The molecule has 0 saturated carbocycles. The van der Waals surface area contributed by atoms with E-state index in [2.05, 4.69) is 4.74 Å². The molecule has 2 aromatic rings. The van der Waals surface area contributed by atoms with Crippen LogP contribution < -0.4 is 0 Å². The molecule has 0 fully saturated rings. The lowest BCUT2D eigenvalue weighted by Gasteiger charge is -2.16. The van der Waals surface area contributed by atoms with E-state index in [1.54, 1.807) is 16.7 Å². The Balaban J connectivity index is 2.17. The maximum Gasteiger partial charge on any atom is 0.349 e. The Hall–Kier alpha value is -1.22. The third-order valence-corrected chi connectivity index (χ3v) is 6.80. The number of methoxy groups -OCH3 is 1. The molecule has 0 spiro atoms. The van der Waals surface area contributed by atoms with Crippen LogP contribution in [0.3, 0.4) is 0 Å². The minimum absolute atomic E-state index is 0.00743. The van der Waals surface area contributed by atoms with Gasteiger partial charge in [-0.15, -0.1) is 22.7 Å². The topological polar surface area (TPSA) is 63.7 Å². The molecule has 0 radical (unpaired) electrons. The summed E-state index contributed by atoms with van der Waals surface area (Å²) in [7, 11) is -0.936. The highest BCUT2D eigenvalue weighted by molar-refractivity contribution is 7.89. The molecule has 0 aliphatic heterocycles. The van der Waals surface area contributed by atoms with E-state index in [1.165, 1.54) is 24.5 Å². The molecule has 8 heteroatoms. The normalized spacial score (nSPS) is 11.8. The fraction of sp³-hybridized carbons (Fsp3) is 0.308. The molecule has 0 amide bonds. The maximum atomic E-state index is 12.5. The fourth-order valence-electron chi connectivity index (χ4n) is 1.75. The molecule has 0 atom stereocenters. The zero-order valence-electron chi connectivity index (χ0n) is 11.6. The van der Waals surface area contributed by atoms with Crippen LogP contribution in [-0.2, 0) is 21.2 Å². The van der Waals surface area contributed by atoms with Gasteiger partial charge in [0.15, 0.2) is 0 Å². The second-order valence-electron chi connectivity index (χ2n) is 4.26. The largest absolute Gasteiger partial charge is 0.465 e. The lowest BCUT2D eigenvalue weighted by atomic mass is 10.3. The second kappa shape index (κ2) is 6.69. The highest BCUT2D eigenvalue weighted by Gasteiger charge is 2.28. The van der Waals surface area contributed by atoms with E-state index in [-0.39, 0.29) is 9.77 Å². The van der Waals surface area contributed by atoms with Gasteiger partial charge in [-0.25, -0.2) is 17.5 Å². The molecular weight excluding hydrogens is 330 g/mol. The highest BCUT2D eigenvalue weighted by atomic mass is 32.2. The molecular formula is C13H15NO4S3. The summed E-state index contributed by atoms with van der Waals surface area (Å²) in [4.78, 5) is 12.9. The lowest BCUT2D eigenvalue weighted by Crippen LogP contribution is -2.29. The number of esters is 1. The molecule has 0 aliphatic carbocycles. The Bertz CT molecular complexity index is 704. The Morgan fingerprint density at radius 2 is 2.05 bits per heavy atom. The third kappa shape index (κ3) is 3.52. The van der Waals surface area contributed by atoms with E-state index in [9.17, 15) is 13.2 Å². The van der Waals surface area contributed by atoms with Crippen molar-refractivity contribution >= 4 is 38.7 Å². The van der Waals surface area contributed by atoms with Gasteiger partial charge in [-0.3, -0.25) is 0 Å². The van der Waals surface area contributed by atoms with Crippen molar-refractivity contribution in [3.8, 4) is 0 Å². The molecule has 0 aromatic carbocycles. The molecule has 114 valence electrons. The molecule has 0 saturated heterocycles. The van der Waals surface area contributed by atoms with Gasteiger partial charge in [-0.1, -0.05) is 6.07 Å². The number of carbonyl (C=O) groups is 1. The maximum absolute atomic E-state index is 12.5. The van der Waals surface area contributed by atoms with E-state index in [1.807, 2.05) is 17.5 Å². The molecule has 0 aliphatic rings. The predicted molar refractivity (Wildman–Crippen MR) is 83.5 cm³/mol. The first-order chi connectivity index (χ1) is 9.96. The van der Waals surface area contributed by atoms with Crippen molar-refractivity contribution in [3.63, 3.8) is 0 Å². The second-order valence-corrected chi connectivity index (χ2v) is 8.22. The number of ether oxygens (including phenoxy) is 1. The molecule has 21 heavy (non-hydrogen) atoms. The fourth-order valence-corrected chi connectivity index (χ4v) is 4.93. The van der Waals surface area contributed by atoms with E-state index in [0.717, 1.165) is 16.2 Å². The number of likely N-dealkylation sites (N-methyl/N-ethyl adjacent to an activating group) is 1. The minimum atomic E-state index is -3.69. The van der Waals surface area contributed by atoms with Gasteiger partial charge in [0.2, 0.25) is 10.0 Å². The summed E-state index contributed by atoms with van der Waals surface area (Å²) in [5.74, 6) is -0.629. The van der Waals surface area contributed by atoms with E-state index in [0.29, 0.717) is 13.0 Å². The smallest absolute Gasteiger partial charge is 0.349 e. The number of thiophene rings is 2. The summed E-state index contributed by atoms with van der Waals surface area (Å²) in [5, 5.41) is 3.53. The first-order valence-corrected chi connectivity index (χ1v) is 9.31. The lowest BCUT2D eigenvalue weighted by molar-refractivity contribution is 0.0602. The van der Waals surface area contributed by atoms with Gasteiger partial charge in [0.25, 0.3) is 0 Å². The van der Waals surface area contributed by atoms with Crippen LogP contribution >= 0.6 is 22.7 Å². The van der Waals surface area contributed by atoms with E-state index >= 15 is 0 Å². The number of nitrogens with zero attached hydrogens (tertiary/aromatic N) is 1. The van der Waals surface area contributed by atoms with Gasteiger partial charge in [0.05, 0.1) is 7.11 Å². The van der Waals surface area contributed by atoms with Crippen molar-refractivity contribution in [3.05, 3.63) is 38.7 Å². The van der Waals surface area contributed by atoms with Crippen molar-refractivity contribution < 1.29 is 17.9 Å². The SMILES string of the molecule is COC(=O)c1sccc1S(=O)(=O)N(C)CCc1cccs1. The van der Waals surface area contributed by atoms with Crippen LogP contribution in [0.25, 0.3) is 0 Å². The van der Waals surface area contributed by atoms with Crippen molar-refractivity contribution in [1.82, 2.24) is 4.31 Å². The van der Waals surface area contributed by atoms with Crippen molar-refractivity contribution in [2.75, 3.05) is 20.7 Å². The zero-order chi connectivity index (χ0) is 15.5.